The third-order valence-electron chi connectivity index (χ3n) is 5.13. The Morgan fingerprint density at radius 2 is 1.21 bits per heavy atom. The minimum absolute atomic E-state index is 0.471. The molecule has 0 unspecified atom stereocenters. The van der Waals surface area contributed by atoms with E-state index in [1.165, 1.54) is 0 Å². The summed E-state index contributed by atoms with van der Waals surface area (Å²) >= 11 is 0. The van der Waals surface area contributed by atoms with Gasteiger partial charge in [-0.3, -0.25) is 0 Å². The standard InChI is InChI=1S/C25H24N2O/c1-20(28)19-24-26-17-18-27(24)25(21-11-5-2-6-12-21,22-13-7-3-8-14-22)23-15-9-4-10-16-23/h2-18,20,28H,19H2,1H3/t20-/m0/s1. The largest absolute Gasteiger partial charge is 0.393 e. The van der Waals surface area contributed by atoms with Gasteiger partial charge in [-0.25, -0.2) is 4.98 Å². The molecule has 0 aliphatic carbocycles. The lowest BCUT2D eigenvalue weighted by Crippen LogP contribution is -2.39. The predicted molar refractivity (Wildman–Crippen MR) is 112 cm³/mol. The molecule has 0 aliphatic rings. The smallest absolute Gasteiger partial charge is 0.121 e. The van der Waals surface area contributed by atoms with E-state index in [-0.39, 0.29) is 0 Å². The van der Waals surface area contributed by atoms with Gasteiger partial charge in [0.2, 0.25) is 0 Å². The van der Waals surface area contributed by atoms with Crippen LogP contribution in [-0.2, 0) is 12.0 Å². The monoisotopic (exact) mass is 368 g/mol. The fourth-order valence-electron chi connectivity index (χ4n) is 4.01. The Labute approximate surface area is 165 Å². The molecule has 0 amide bonds. The van der Waals surface area contributed by atoms with Gasteiger partial charge in [-0.15, -0.1) is 0 Å². The first kappa shape index (κ1) is 18.2. The van der Waals surface area contributed by atoms with Gasteiger partial charge in [0.05, 0.1) is 6.10 Å². The molecule has 0 fully saturated rings. The van der Waals surface area contributed by atoms with Crippen molar-refractivity contribution in [3.63, 3.8) is 0 Å². The Kier molecular flexibility index (Phi) is 5.09. The first-order valence-corrected chi connectivity index (χ1v) is 9.60. The molecule has 0 saturated heterocycles. The molecule has 28 heavy (non-hydrogen) atoms. The quantitative estimate of drug-likeness (QED) is 0.503. The molecule has 4 aromatic rings. The van der Waals surface area contributed by atoms with Crippen LogP contribution in [0.15, 0.2) is 103 Å². The van der Waals surface area contributed by atoms with Crippen LogP contribution in [0.2, 0.25) is 0 Å². The van der Waals surface area contributed by atoms with Crippen LogP contribution in [0.4, 0.5) is 0 Å². The van der Waals surface area contributed by atoms with Crippen LogP contribution in [0.3, 0.4) is 0 Å². The summed E-state index contributed by atoms with van der Waals surface area (Å²) in [7, 11) is 0. The van der Waals surface area contributed by atoms with Crippen molar-refractivity contribution in [3.05, 3.63) is 126 Å². The number of aliphatic hydroxyl groups is 1. The van der Waals surface area contributed by atoms with E-state index in [1.54, 1.807) is 6.92 Å². The van der Waals surface area contributed by atoms with Gasteiger partial charge in [0.1, 0.15) is 11.4 Å². The topological polar surface area (TPSA) is 38.1 Å². The van der Waals surface area contributed by atoms with E-state index >= 15 is 0 Å². The van der Waals surface area contributed by atoms with Crippen LogP contribution < -0.4 is 0 Å². The van der Waals surface area contributed by atoms with Gasteiger partial charge < -0.3 is 9.67 Å². The Balaban J connectivity index is 2.10. The predicted octanol–water partition coefficient (Wildman–Crippen LogP) is 4.65. The molecule has 140 valence electrons. The molecule has 1 atom stereocenters. The number of hydrogen-bond acceptors (Lipinski definition) is 2. The number of hydrogen-bond donors (Lipinski definition) is 1. The first-order chi connectivity index (χ1) is 13.7. The van der Waals surface area contributed by atoms with Crippen LogP contribution >= 0.6 is 0 Å². The highest BCUT2D eigenvalue weighted by Gasteiger charge is 2.39. The summed E-state index contributed by atoms with van der Waals surface area (Å²) in [5, 5.41) is 10.1. The summed E-state index contributed by atoms with van der Waals surface area (Å²) in [5.41, 5.74) is 2.87. The zero-order chi connectivity index (χ0) is 19.4. The van der Waals surface area contributed by atoms with Crippen LogP contribution in [0.1, 0.15) is 29.4 Å². The van der Waals surface area contributed by atoms with E-state index in [2.05, 4.69) is 82.3 Å². The maximum Gasteiger partial charge on any atom is 0.121 e. The normalized spacial score (nSPS) is 12.6. The summed E-state index contributed by atoms with van der Waals surface area (Å²) in [6.07, 6.45) is 3.86. The van der Waals surface area contributed by atoms with Crippen LogP contribution in [0.5, 0.6) is 0 Å². The molecule has 0 saturated carbocycles. The molecule has 3 nitrogen and oxygen atoms in total. The fourth-order valence-corrected chi connectivity index (χ4v) is 4.01. The second-order valence-corrected chi connectivity index (χ2v) is 7.08. The van der Waals surface area contributed by atoms with E-state index in [0.717, 1.165) is 22.5 Å². The van der Waals surface area contributed by atoms with E-state index in [0.29, 0.717) is 6.42 Å². The third kappa shape index (κ3) is 3.14. The summed E-state index contributed by atoms with van der Waals surface area (Å²) in [6.45, 7) is 1.80. The minimum Gasteiger partial charge on any atom is -0.393 e. The van der Waals surface area contributed by atoms with Gasteiger partial charge in [-0.1, -0.05) is 91.0 Å². The van der Waals surface area contributed by atoms with Crippen molar-refractivity contribution in [1.82, 2.24) is 9.55 Å². The van der Waals surface area contributed by atoms with Gasteiger partial charge >= 0.3 is 0 Å². The van der Waals surface area contributed by atoms with Crippen molar-refractivity contribution in [2.75, 3.05) is 0 Å². The van der Waals surface area contributed by atoms with Crippen LogP contribution in [0.25, 0.3) is 0 Å². The summed E-state index contributed by atoms with van der Waals surface area (Å²) in [5.74, 6) is 0.853. The Morgan fingerprint density at radius 3 is 1.61 bits per heavy atom. The third-order valence-corrected chi connectivity index (χ3v) is 5.13. The van der Waals surface area contributed by atoms with Crippen LogP contribution in [0, 0.1) is 0 Å². The highest BCUT2D eigenvalue weighted by molar-refractivity contribution is 5.51. The molecule has 4 rings (SSSR count). The average molecular weight is 368 g/mol. The maximum absolute atomic E-state index is 10.1. The van der Waals surface area contributed by atoms with Gasteiger partial charge in [-0.05, 0) is 23.6 Å². The van der Waals surface area contributed by atoms with E-state index in [4.69, 9.17) is 0 Å². The zero-order valence-corrected chi connectivity index (χ0v) is 15.9. The van der Waals surface area contributed by atoms with Crippen molar-refractivity contribution < 1.29 is 5.11 Å². The Morgan fingerprint density at radius 1 is 0.786 bits per heavy atom. The average Bonchev–Trinajstić information content (AvgIpc) is 3.19. The second-order valence-electron chi connectivity index (χ2n) is 7.08. The maximum atomic E-state index is 10.1. The summed E-state index contributed by atoms with van der Waals surface area (Å²) < 4.78 is 2.21. The number of aromatic nitrogens is 2. The SMILES string of the molecule is C[C@H](O)Cc1nccn1C(c1ccccc1)(c1ccccc1)c1ccccc1. The number of rotatable bonds is 6. The number of aliphatic hydroxyl groups excluding tert-OH is 1. The van der Waals surface area contributed by atoms with Gasteiger partial charge in [0, 0.05) is 18.8 Å². The molecule has 3 heteroatoms. The lowest BCUT2D eigenvalue weighted by atomic mass is 9.76. The number of nitrogens with zero attached hydrogens (tertiary/aromatic N) is 2. The summed E-state index contributed by atoms with van der Waals surface area (Å²) in [4.78, 5) is 4.60. The molecule has 0 bridgehead atoms. The molecule has 0 spiro atoms. The van der Waals surface area contributed by atoms with Crippen molar-refractivity contribution >= 4 is 0 Å². The van der Waals surface area contributed by atoms with E-state index < -0.39 is 11.6 Å². The molecule has 1 N–H and O–H groups in total. The molecular weight excluding hydrogens is 344 g/mol. The number of imidazole rings is 1. The van der Waals surface area contributed by atoms with Crippen molar-refractivity contribution in [2.45, 2.75) is 25.0 Å². The van der Waals surface area contributed by atoms with Crippen molar-refractivity contribution in [2.24, 2.45) is 0 Å². The minimum atomic E-state index is -0.579. The van der Waals surface area contributed by atoms with Gasteiger partial charge in [-0.2, -0.15) is 0 Å². The lowest BCUT2D eigenvalue weighted by Gasteiger charge is -2.38. The molecule has 1 heterocycles. The van der Waals surface area contributed by atoms with Crippen molar-refractivity contribution in [1.29, 1.82) is 0 Å². The first-order valence-electron chi connectivity index (χ1n) is 9.60. The number of benzene rings is 3. The van der Waals surface area contributed by atoms with E-state index in [9.17, 15) is 5.11 Å². The Bertz CT molecular complexity index is 911. The molecule has 0 radical (unpaired) electrons. The van der Waals surface area contributed by atoms with E-state index in [1.807, 2.05) is 30.6 Å². The lowest BCUT2D eigenvalue weighted by molar-refractivity contribution is 0.190. The zero-order valence-electron chi connectivity index (χ0n) is 15.9. The highest BCUT2D eigenvalue weighted by Crippen LogP contribution is 2.41. The highest BCUT2D eigenvalue weighted by atomic mass is 16.3. The van der Waals surface area contributed by atoms with Crippen LogP contribution in [-0.4, -0.2) is 20.8 Å². The van der Waals surface area contributed by atoms with Gasteiger partial charge in [0.15, 0.2) is 0 Å². The van der Waals surface area contributed by atoms with Crippen molar-refractivity contribution in [3.8, 4) is 0 Å². The second kappa shape index (κ2) is 7.83. The molecule has 0 aliphatic heterocycles. The summed E-state index contributed by atoms with van der Waals surface area (Å²) in [6, 6.07) is 31.5. The molecular formula is C25H24N2O. The molecule has 1 aromatic heterocycles. The fraction of sp³-hybridized carbons (Fsp3) is 0.160. The molecule has 3 aromatic carbocycles. The van der Waals surface area contributed by atoms with Gasteiger partial charge in [0.25, 0.3) is 0 Å². The Hall–Kier alpha value is -3.17.